The lowest BCUT2D eigenvalue weighted by molar-refractivity contribution is 0.626. The van der Waals surface area contributed by atoms with E-state index in [2.05, 4.69) is 0 Å². The molecule has 0 saturated heterocycles. The van der Waals surface area contributed by atoms with Gasteiger partial charge in [0.25, 0.3) is 0 Å². The highest BCUT2D eigenvalue weighted by Crippen LogP contribution is 2.19. The lowest BCUT2D eigenvalue weighted by atomic mass is 10.3. The van der Waals surface area contributed by atoms with E-state index in [-0.39, 0.29) is 10.3 Å². The highest BCUT2D eigenvalue weighted by atomic mass is 35.5. The van der Waals surface area contributed by atoms with Crippen LogP contribution in [0.3, 0.4) is 0 Å². The Labute approximate surface area is 84.4 Å². The van der Waals surface area contributed by atoms with Crippen LogP contribution in [0.25, 0.3) is 0 Å². The van der Waals surface area contributed by atoms with Crippen LogP contribution >= 0.6 is 11.6 Å². The topological polar surface area (TPSA) is 17.1 Å². The van der Waals surface area contributed by atoms with E-state index < -0.39 is 16.6 Å². The zero-order valence-electron chi connectivity index (χ0n) is 7.38. The Hall–Kier alpha value is -0.410. The van der Waals surface area contributed by atoms with Crippen LogP contribution in [0, 0.1) is 5.82 Å². The van der Waals surface area contributed by atoms with Crippen LogP contribution in [0.4, 0.5) is 4.39 Å². The average Bonchev–Trinajstić information content (AvgIpc) is 2.08. The van der Waals surface area contributed by atoms with E-state index in [0.717, 1.165) is 0 Å². The van der Waals surface area contributed by atoms with Gasteiger partial charge in [0, 0.05) is 10.1 Å². The summed E-state index contributed by atoms with van der Waals surface area (Å²) in [5.74, 6) is -0.480. The molecular formula is C9H10ClFOS. The average molecular weight is 221 g/mol. The lowest BCUT2D eigenvalue weighted by Crippen LogP contribution is -2.05. The third kappa shape index (κ3) is 2.51. The van der Waals surface area contributed by atoms with Crippen molar-refractivity contribution in [2.75, 3.05) is 0 Å². The Morgan fingerprint density at radius 1 is 1.46 bits per heavy atom. The van der Waals surface area contributed by atoms with Crippen LogP contribution in [0.5, 0.6) is 0 Å². The summed E-state index contributed by atoms with van der Waals surface area (Å²) in [6.07, 6.45) is 0. The van der Waals surface area contributed by atoms with Gasteiger partial charge in [-0.15, -0.1) is 0 Å². The van der Waals surface area contributed by atoms with E-state index >= 15 is 0 Å². The molecule has 1 rings (SSSR count). The minimum absolute atomic E-state index is 0.0153. The summed E-state index contributed by atoms with van der Waals surface area (Å²) < 4.78 is 24.3. The fraction of sp³-hybridized carbons (Fsp3) is 0.333. The number of rotatable bonds is 2. The number of benzene rings is 1. The fourth-order valence-corrected chi connectivity index (χ4v) is 2.10. The molecule has 0 aliphatic rings. The molecule has 72 valence electrons. The molecule has 4 heteroatoms. The van der Waals surface area contributed by atoms with Crippen LogP contribution in [0.2, 0.25) is 5.02 Å². The summed E-state index contributed by atoms with van der Waals surface area (Å²) in [5.41, 5.74) is 0. The first-order chi connectivity index (χ1) is 6.02. The van der Waals surface area contributed by atoms with Gasteiger partial charge in [0.1, 0.15) is 5.82 Å². The Morgan fingerprint density at radius 2 is 2.08 bits per heavy atom. The Bertz CT molecular complexity index is 338. The summed E-state index contributed by atoms with van der Waals surface area (Å²) in [6.45, 7) is 3.68. The second kappa shape index (κ2) is 4.20. The van der Waals surface area contributed by atoms with Gasteiger partial charge in [0.2, 0.25) is 0 Å². The van der Waals surface area contributed by atoms with Gasteiger partial charge in [-0.1, -0.05) is 25.4 Å². The monoisotopic (exact) mass is 220 g/mol. The molecule has 0 radical (unpaired) electrons. The van der Waals surface area contributed by atoms with Crippen LogP contribution in [0.15, 0.2) is 23.1 Å². The zero-order chi connectivity index (χ0) is 10.0. The molecule has 1 aromatic carbocycles. The summed E-state index contributed by atoms with van der Waals surface area (Å²) >= 11 is 5.55. The highest BCUT2D eigenvalue weighted by Gasteiger charge is 2.10. The molecule has 1 unspecified atom stereocenters. The van der Waals surface area contributed by atoms with Gasteiger partial charge < -0.3 is 0 Å². The van der Waals surface area contributed by atoms with Gasteiger partial charge in [-0.25, -0.2) is 4.39 Å². The largest absolute Gasteiger partial charge is 0.254 e. The first-order valence-electron chi connectivity index (χ1n) is 3.88. The van der Waals surface area contributed by atoms with Crippen molar-refractivity contribution < 1.29 is 8.60 Å². The second-order valence-corrected chi connectivity index (χ2v) is 5.34. The summed E-state index contributed by atoms with van der Waals surface area (Å²) in [6, 6.07) is 4.14. The molecular weight excluding hydrogens is 211 g/mol. The molecule has 0 aliphatic heterocycles. The third-order valence-corrected chi connectivity index (χ3v) is 3.42. The summed E-state index contributed by atoms with van der Waals surface area (Å²) in [5, 5.41) is 0.0352. The number of hydrogen-bond acceptors (Lipinski definition) is 1. The molecule has 0 saturated carbocycles. The minimum atomic E-state index is -1.10. The highest BCUT2D eigenvalue weighted by molar-refractivity contribution is 7.85. The predicted molar refractivity (Wildman–Crippen MR) is 53.0 cm³/mol. The Morgan fingerprint density at radius 3 is 2.54 bits per heavy atom. The smallest absolute Gasteiger partial charge is 0.141 e. The normalized spacial score (nSPS) is 13.3. The Balaban J connectivity index is 3.04. The maximum Gasteiger partial charge on any atom is 0.141 e. The van der Waals surface area contributed by atoms with Crippen LogP contribution < -0.4 is 0 Å². The second-order valence-electron chi connectivity index (χ2n) is 2.92. The number of halogens is 2. The minimum Gasteiger partial charge on any atom is -0.254 e. The van der Waals surface area contributed by atoms with Crippen molar-refractivity contribution in [3.8, 4) is 0 Å². The molecule has 0 fully saturated rings. The van der Waals surface area contributed by atoms with Gasteiger partial charge in [0.05, 0.1) is 15.8 Å². The number of hydrogen-bond donors (Lipinski definition) is 0. The molecule has 0 heterocycles. The van der Waals surface area contributed by atoms with Gasteiger partial charge in [-0.05, 0) is 18.2 Å². The molecule has 0 aliphatic carbocycles. The van der Waals surface area contributed by atoms with Gasteiger partial charge in [-0.3, -0.25) is 4.21 Å². The quantitative estimate of drug-likeness (QED) is 0.749. The van der Waals surface area contributed by atoms with Crippen molar-refractivity contribution in [3.05, 3.63) is 29.0 Å². The van der Waals surface area contributed by atoms with Gasteiger partial charge in [0.15, 0.2) is 0 Å². The molecule has 1 nitrogen and oxygen atoms in total. The van der Waals surface area contributed by atoms with E-state index in [1.165, 1.54) is 18.2 Å². The van der Waals surface area contributed by atoms with Gasteiger partial charge in [-0.2, -0.15) is 0 Å². The molecule has 1 aromatic rings. The van der Waals surface area contributed by atoms with E-state index in [0.29, 0.717) is 4.90 Å². The van der Waals surface area contributed by atoms with E-state index in [9.17, 15) is 8.60 Å². The molecule has 0 N–H and O–H groups in total. The fourth-order valence-electron chi connectivity index (χ4n) is 0.874. The Kier molecular flexibility index (Phi) is 3.45. The predicted octanol–water partition coefficient (Wildman–Crippen LogP) is 3.00. The maximum absolute atomic E-state index is 12.7. The molecule has 13 heavy (non-hydrogen) atoms. The molecule has 0 amide bonds. The standard InChI is InChI=1S/C9H10ClFOS/c1-6(2)13(12)7-3-4-9(11)8(10)5-7/h3-6H,1-2H3. The molecule has 0 bridgehead atoms. The maximum atomic E-state index is 12.7. The van der Waals surface area contributed by atoms with E-state index in [1.807, 2.05) is 13.8 Å². The van der Waals surface area contributed by atoms with Crippen molar-refractivity contribution in [1.82, 2.24) is 0 Å². The van der Waals surface area contributed by atoms with E-state index in [1.54, 1.807) is 0 Å². The first kappa shape index (κ1) is 10.7. The van der Waals surface area contributed by atoms with E-state index in [4.69, 9.17) is 11.6 Å². The van der Waals surface area contributed by atoms with Crippen molar-refractivity contribution in [2.45, 2.75) is 24.0 Å². The first-order valence-corrected chi connectivity index (χ1v) is 5.47. The molecule has 0 spiro atoms. The third-order valence-electron chi connectivity index (χ3n) is 1.55. The lowest BCUT2D eigenvalue weighted by Gasteiger charge is -2.05. The van der Waals surface area contributed by atoms with Crippen LogP contribution in [0.1, 0.15) is 13.8 Å². The van der Waals surface area contributed by atoms with Crippen molar-refractivity contribution in [1.29, 1.82) is 0 Å². The van der Waals surface area contributed by atoms with Gasteiger partial charge >= 0.3 is 0 Å². The summed E-state index contributed by atoms with van der Waals surface area (Å²) in [4.78, 5) is 0.571. The van der Waals surface area contributed by atoms with Crippen molar-refractivity contribution >= 4 is 22.4 Å². The van der Waals surface area contributed by atoms with Crippen LogP contribution in [-0.2, 0) is 10.8 Å². The van der Waals surface area contributed by atoms with Crippen molar-refractivity contribution in [3.63, 3.8) is 0 Å². The zero-order valence-corrected chi connectivity index (χ0v) is 8.95. The van der Waals surface area contributed by atoms with Crippen LogP contribution in [-0.4, -0.2) is 9.46 Å². The van der Waals surface area contributed by atoms with Crippen molar-refractivity contribution in [2.24, 2.45) is 0 Å². The SMILES string of the molecule is CC(C)S(=O)c1ccc(F)c(Cl)c1. The molecule has 0 aromatic heterocycles. The summed E-state index contributed by atoms with van der Waals surface area (Å²) in [7, 11) is -1.10. The molecule has 1 atom stereocenters.